The van der Waals surface area contributed by atoms with Crippen molar-refractivity contribution in [2.24, 2.45) is 4.99 Å². The van der Waals surface area contributed by atoms with E-state index in [9.17, 15) is 9.18 Å². The minimum Gasteiger partial charge on any atom is -0.370 e. The van der Waals surface area contributed by atoms with Crippen LogP contribution in [0.1, 0.15) is 33.3 Å². The standard InChI is InChI=1S/C20H32FN5O.HI/c1-5-22-20(26-12-10-25(11-13-26)16(4)27)23-15-17-8-9-19(18(21)14-17)24(6-2)7-3;/h8-9,14H,5-7,10-13,15H2,1-4H3,(H,22,23);1H. The van der Waals surface area contributed by atoms with Crippen molar-refractivity contribution in [1.29, 1.82) is 0 Å². The Morgan fingerprint density at radius 1 is 1.14 bits per heavy atom. The van der Waals surface area contributed by atoms with Gasteiger partial charge in [0, 0.05) is 52.7 Å². The maximum atomic E-state index is 14.5. The molecule has 1 N–H and O–H groups in total. The first-order chi connectivity index (χ1) is 13.0. The molecule has 1 fully saturated rings. The van der Waals surface area contributed by atoms with Gasteiger partial charge in [-0.2, -0.15) is 0 Å². The molecule has 8 heteroatoms. The zero-order valence-corrected chi connectivity index (χ0v) is 19.7. The third kappa shape index (κ3) is 6.49. The number of hydrogen-bond acceptors (Lipinski definition) is 3. The van der Waals surface area contributed by atoms with Crippen molar-refractivity contribution in [3.63, 3.8) is 0 Å². The van der Waals surface area contributed by atoms with E-state index in [0.717, 1.165) is 44.2 Å². The third-order valence-corrected chi connectivity index (χ3v) is 4.89. The lowest BCUT2D eigenvalue weighted by Gasteiger charge is -2.36. The lowest BCUT2D eigenvalue weighted by molar-refractivity contribution is -0.130. The van der Waals surface area contributed by atoms with Crippen LogP contribution in [-0.4, -0.2) is 67.5 Å². The smallest absolute Gasteiger partial charge is 0.219 e. The molecule has 1 saturated heterocycles. The molecule has 0 aliphatic carbocycles. The van der Waals surface area contributed by atoms with Crippen molar-refractivity contribution >= 4 is 41.5 Å². The molecule has 6 nitrogen and oxygen atoms in total. The predicted octanol–water partition coefficient (Wildman–Crippen LogP) is 2.92. The Morgan fingerprint density at radius 2 is 1.75 bits per heavy atom. The van der Waals surface area contributed by atoms with Gasteiger partial charge in [0.2, 0.25) is 5.91 Å². The molecule has 1 aliphatic heterocycles. The Morgan fingerprint density at radius 3 is 2.25 bits per heavy atom. The van der Waals surface area contributed by atoms with Crippen molar-refractivity contribution in [3.8, 4) is 0 Å². The summed E-state index contributed by atoms with van der Waals surface area (Å²) in [5.74, 6) is 0.723. The van der Waals surface area contributed by atoms with Gasteiger partial charge < -0.3 is 20.0 Å². The fraction of sp³-hybridized carbons (Fsp3) is 0.600. The number of benzene rings is 1. The summed E-state index contributed by atoms with van der Waals surface area (Å²) in [6.07, 6.45) is 0. The highest BCUT2D eigenvalue weighted by Gasteiger charge is 2.20. The van der Waals surface area contributed by atoms with Crippen LogP contribution >= 0.6 is 24.0 Å². The summed E-state index contributed by atoms with van der Waals surface area (Å²) in [5, 5.41) is 3.30. The quantitative estimate of drug-likeness (QED) is 0.367. The molecule has 1 aromatic carbocycles. The van der Waals surface area contributed by atoms with E-state index in [0.29, 0.717) is 25.3 Å². The first kappa shape index (κ1) is 24.5. The topological polar surface area (TPSA) is 51.2 Å². The summed E-state index contributed by atoms with van der Waals surface area (Å²) in [6, 6.07) is 5.36. The highest BCUT2D eigenvalue weighted by molar-refractivity contribution is 14.0. The van der Waals surface area contributed by atoms with Crippen LogP contribution in [-0.2, 0) is 11.3 Å². The summed E-state index contributed by atoms with van der Waals surface area (Å²) in [4.78, 5) is 22.2. The Kier molecular flexibility index (Phi) is 10.6. The van der Waals surface area contributed by atoms with E-state index in [1.165, 1.54) is 0 Å². The Labute approximate surface area is 185 Å². The van der Waals surface area contributed by atoms with E-state index < -0.39 is 0 Å². The maximum Gasteiger partial charge on any atom is 0.219 e. The number of carbonyl (C=O) groups is 1. The number of nitrogens with one attached hydrogen (secondary N) is 1. The van der Waals surface area contributed by atoms with Gasteiger partial charge in [0.15, 0.2) is 5.96 Å². The van der Waals surface area contributed by atoms with Crippen LogP contribution in [0, 0.1) is 5.82 Å². The molecule has 1 amide bonds. The molecule has 28 heavy (non-hydrogen) atoms. The van der Waals surface area contributed by atoms with Crippen molar-refractivity contribution in [2.75, 3.05) is 50.7 Å². The van der Waals surface area contributed by atoms with Crippen LogP contribution in [0.25, 0.3) is 0 Å². The van der Waals surface area contributed by atoms with E-state index in [4.69, 9.17) is 0 Å². The summed E-state index contributed by atoms with van der Waals surface area (Å²) in [7, 11) is 0. The zero-order chi connectivity index (χ0) is 19.8. The summed E-state index contributed by atoms with van der Waals surface area (Å²) < 4.78 is 14.5. The second kappa shape index (κ2) is 12.1. The molecule has 0 radical (unpaired) electrons. The number of anilines is 1. The molecule has 2 rings (SSSR count). The van der Waals surface area contributed by atoms with Gasteiger partial charge in [-0.15, -0.1) is 24.0 Å². The lowest BCUT2D eigenvalue weighted by Crippen LogP contribution is -2.53. The number of carbonyl (C=O) groups excluding carboxylic acids is 1. The molecular weight excluding hydrogens is 472 g/mol. The van der Waals surface area contributed by atoms with Crippen molar-refractivity contribution in [2.45, 2.75) is 34.2 Å². The Hall–Kier alpha value is -1.58. The molecule has 0 unspecified atom stereocenters. The molecule has 0 bridgehead atoms. The number of halogens is 2. The van der Waals surface area contributed by atoms with Gasteiger partial charge in [-0.25, -0.2) is 9.38 Å². The van der Waals surface area contributed by atoms with Gasteiger partial charge in [-0.3, -0.25) is 4.79 Å². The average Bonchev–Trinajstić information content (AvgIpc) is 2.67. The summed E-state index contributed by atoms with van der Waals surface area (Å²) in [6.45, 7) is 13.3. The third-order valence-electron chi connectivity index (χ3n) is 4.89. The molecule has 0 spiro atoms. The lowest BCUT2D eigenvalue weighted by atomic mass is 10.2. The number of aliphatic imine (C=N–C) groups is 1. The van der Waals surface area contributed by atoms with Crippen LogP contribution in [0.15, 0.2) is 23.2 Å². The minimum atomic E-state index is -0.202. The van der Waals surface area contributed by atoms with Crippen LogP contribution in [0.2, 0.25) is 0 Å². The molecule has 1 heterocycles. The first-order valence-electron chi connectivity index (χ1n) is 9.82. The largest absolute Gasteiger partial charge is 0.370 e. The van der Waals surface area contributed by atoms with Gasteiger partial charge in [0.25, 0.3) is 0 Å². The highest BCUT2D eigenvalue weighted by Crippen LogP contribution is 2.20. The first-order valence-corrected chi connectivity index (χ1v) is 9.82. The molecule has 0 atom stereocenters. The van der Waals surface area contributed by atoms with Crippen LogP contribution in [0.3, 0.4) is 0 Å². The fourth-order valence-electron chi connectivity index (χ4n) is 3.29. The molecule has 1 aliphatic rings. The Balaban J connectivity index is 0.00000392. The number of amides is 1. The van der Waals surface area contributed by atoms with Crippen molar-refractivity contribution in [1.82, 2.24) is 15.1 Å². The molecular formula is C20H33FIN5O. The maximum absolute atomic E-state index is 14.5. The predicted molar refractivity (Wildman–Crippen MR) is 124 cm³/mol. The second-order valence-corrected chi connectivity index (χ2v) is 6.62. The van der Waals surface area contributed by atoms with E-state index in [-0.39, 0.29) is 35.7 Å². The van der Waals surface area contributed by atoms with Crippen molar-refractivity contribution in [3.05, 3.63) is 29.6 Å². The van der Waals surface area contributed by atoms with E-state index >= 15 is 0 Å². The van der Waals surface area contributed by atoms with Crippen LogP contribution < -0.4 is 10.2 Å². The van der Waals surface area contributed by atoms with Crippen molar-refractivity contribution < 1.29 is 9.18 Å². The molecule has 158 valence electrons. The summed E-state index contributed by atoms with van der Waals surface area (Å²) >= 11 is 0. The van der Waals surface area contributed by atoms with Gasteiger partial charge in [0.1, 0.15) is 5.82 Å². The van der Waals surface area contributed by atoms with Gasteiger partial charge in [0.05, 0.1) is 12.2 Å². The van der Waals surface area contributed by atoms with Crippen LogP contribution in [0.4, 0.5) is 10.1 Å². The van der Waals surface area contributed by atoms with Gasteiger partial charge in [-0.1, -0.05) is 6.07 Å². The number of piperazine rings is 1. The number of nitrogens with zero attached hydrogens (tertiary/aromatic N) is 4. The average molecular weight is 505 g/mol. The van der Waals surface area contributed by atoms with E-state index in [2.05, 4.69) is 15.2 Å². The second-order valence-electron chi connectivity index (χ2n) is 6.62. The number of rotatable bonds is 6. The molecule has 0 aromatic heterocycles. The zero-order valence-electron chi connectivity index (χ0n) is 17.4. The number of hydrogen-bond donors (Lipinski definition) is 1. The van der Waals surface area contributed by atoms with Gasteiger partial charge >= 0.3 is 0 Å². The molecule has 0 saturated carbocycles. The monoisotopic (exact) mass is 505 g/mol. The Bertz CT molecular complexity index is 658. The van der Waals surface area contributed by atoms with Gasteiger partial charge in [-0.05, 0) is 38.5 Å². The normalized spacial score (nSPS) is 14.5. The summed E-state index contributed by atoms with van der Waals surface area (Å²) in [5.41, 5.74) is 1.49. The fourth-order valence-corrected chi connectivity index (χ4v) is 3.29. The molecule has 1 aromatic rings. The van der Waals surface area contributed by atoms with E-state index in [1.807, 2.05) is 42.7 Å². The minimum absolute atomic E-state index is 0. The highest BCUT2D eigenvalue weighted by atomic mass is 127. The van der Waals surface area contributed by atoms with E-state index in [1.54, 1.807) is 13.0 Å². The van der Waals surface area contributed by atoms with Crippen LogP contribution in [0.5, 0.6) is 0 Å². The number of guanidine groups is 1. The SMILES string of the molecule is CCNC(=NCc1ccc(N(CC)CC)c(F)c1)N1CCN(C(C)=O)CC1.I.